The van der Waals surface area contributed by atoms with Crippen LogP contribution in [0.5, 0.6) is 0 Å². The predicted octanol–water partition coefficient (Wildman–Crippen LogP) is 1.93. The van der Waals surface area contributed by atoms with Crippen LogP contribution in [-0.2, 0) is 13.0 Å². The van der Waals surface area contributed by atoms with Crippen molar-refractivity contribution in [2.45, 2.75) is 19.9 Å². The second-order valence-electron chi connectivity index (χ2n) is 3.48. The minimum absolute atomic E-state index is 0. The normalized spacial score (nSPS) is 9.71. The molecule has 0 spiro atoms. The van der Waals surface area contributed by atoms with E-state index in [1.165, 1.54) is 5.56 Å². The minimum atomic E-state index is 0. The standard InChI is InChI=1S/C11H15N5.BrH/c1-2-16-11(13-14-15-16)12-9-8-10-6-4-3-5-7-10;/h3-7H,2,8-9H2,1H3,(H,12,13,15);1H. The molecule has 0 aliphatic heterocycles. The van der Waals surface area contributed by atoms with Crippen molar-refractivity contribution in [1.82, 2.24) is 20.2 Å². The van der Waals surface area contributed by atoms with Gasteiger partial charge in [-0.1, -0.05) is 35.4 Å². The van der Waals surface area contributed by atoms with Crippen molar-refractivity contribution < 1.29 is 0 Å². The first-order valence-electron chi connectivity index (χ1n) is 5.44. The Hall–Kier alpha value is -1.43. The molecule has 0 radical (unpaired) electrons. The van der Waals surface area contributed by atoms with Crippen LogP contribution >= 0.6 is 17.0 Å². The van der Waals surface area contributed by atoms with Crippen LogP contribution < -0.4 is 5.32 Å². The van der Waals surface area contributed by atoms with E-state index in [-0.39, 0.29) is 17.0 Å². The number of tetrazole rings is 1. The summed E-state index contributed by atoms with van der Waals surface area (Å²) in [5.41, 5.74) is 1.31. The lowest BCUT2D eigenvalue weighted by molar-refractivity contribution is 0.629. The molecule has 0 atom stereocenters. The highest BCUT2D eigenvalue weighted by atomic mass is 79.9. The largest absolute Gasteiger partial charge is 0.353 e. The molecule has 0 fully saturated rings. The molecular weight excluding hydrogens is 282 g/mol. The van der Waals surface area contributed by atoms with Crippen LogP contribution in [0, 0.1) is 0 Å². The second kappa shape index (κ2) is 7.01. The van der Waals surface area contributed by atoms with Crippen LogP contribution in [0.1, 0.15) is 12.5 Å². The third kappa shape index (κ3) is 3.81. The van der Waals surface area contributed by atoms with Gasteiger partial charge in [0.25, 0.3) is 0 Å². The summed E-state index contributed by atoms with van der Waals surface area (Å²) < 4.78 is 1.74. The lowest BCUT2D eigenvalue weighted by Gasteiger charge is -2.05. The van der Waals surface area contributed by atoms with Crippen molar-refractivity contribution in [3.05, 3.63) is 35.9 Å². The molecular formula is C11H16BrN5. The molecule has 17 heavy (non-hydrogen) atoms. The van der Waals surface area contributed by atoms with E-state index in [0.29, 0.717) is 0 Å². The van der Waals surface area contributed by atoms with Gasteiger partial charge in [0.15, 0.2) is 0 Å². The summed E-state index contributed by atoms with van der Waals surface area (Å²) in [5, 5.41) is 14.6. The Morgan fingerprint density at radius 3 is 2.71 bits per heavy atom. The van der Waals surface area contributed by atoms with Crippen molar-refractivity contribution in [2.75, 3.05) is 11.9 Å². The molecule has 0 bridgehead atoms. The van der Waals surface area contributed by atoms with Gasteiger partial charge in [0.2, 0.25) is 5.95 Å². The number of aryl methyl sites for hydroxylation is 1. The molecule has 0 unspecified atom stereocenters. The zero-order valence-corrected chi connectivity index (χ0v) is 11.4. The van der Waals surface area contributed by atoms with Gasteiger partial charge in [-0.15, -0.1) is 17.0 Å². The molecule has 1 N–H and O–H groups in total. The molecule has 0 amide bonds. The van der Waals surface area contributed by atoms with E-state index in [1.54, 1.807) is 4.68 Å². The number of nitrogens with one attached hydrogen (secondary N) is 1. The Morgan fingerprint density at radius 2 is 2.00 bits per heavy atom. The zero-order chi connectivity index (χ0) is 11.2. The Morgan fingerprint density at radius 1 is 1.24 bits per heavy atom. The highest BCUT2D eigenvalue weighted by Gasteiger charge is 2.01. The smallest absolute Gasteiger partial charge is 0.242 e. The Kier molecular flexibility index (Phi) is 5.62. The van der Waals surface area contributed by atoms with E-state index in [2.05, 4.69) is 33.0 Å². The van der Waals surface area contributed by atoms with Crippen molar-refractivity contribution >= 4 is 22.9 Å². The van der Waals surface area contributed by atoms with Crippen molar-refractivity contribution in [3.8, 4) is 0 Å². The van der Waals surface area contributed by atoms with Crippen LogP contribution in [0.3, 0.4) is 0 Å². The van der Waals surface area contributed by atoms with Gasteiger partial charge >= 0.3 is 0 Å². The van der Waals surface area contributed by atoms with Gasteiger partial charge in [-0.3, -0.25) is 0 Å². The molecule has 0 aliphatic rings. The molecule has 0 saturated carbocycles. The fourth-order valence-corrected chi connectivity index (χ4v) is 1.51. The van der Waals surface area contributed by atoms with E-state index >= 15 is 0 Å². The molecule has 6 heteroatoms. The van der Waals surface area contributed by atoms with Gasteiger partial charge in [0, 0.05) is 13.1 Å². The summed E-state index contributed by atoms with van der Waals surface area (Å²) in [7, 11) is 0. The molecule has 2 rings (SSSR count). The highest BCUT2D eigenvalue weighted by Crippen LogP contribution is 2.02. The summed E-state index contributed by atoms with van der Waals surface area (Å²) in [5.74, 6) is 0.735. The van der Waals surface area contributed by atoms with Gasteiger partial charge in [-0.05, 0) is 29.3 Å². The van der Waals surface area contributed by atoms with Gasteiger partial charge < -0.3 is 5.32 Å². The van der Waals surface area contributed by atoms with Crippen LogP contribution in [0.25, 0.3) is 0 Å². The first kappa shape index (κ1) is 13.6. The van der Waals surface area contributed by atoms with Gasteiger partial charge in [0.1, 0.15) is 0 Å². The van der Waals surface area contributed by atoms with Crippen LogP contribution in [-0.4, -0.2) is 26.8 Å². The predicted molar refractivity (Wildman–Crippen MR) is 72.4 cm³/mol. The van der Waals surface area contributed by atoms with Crippen molar-refractivity contribution in [3.63, 3.8) is 0 Å². The summed E-state index contributed by atoms with van der Waals surface area (Å²) in [6.45, 7) is 3.63. The highest BCUT2D eigenvalue weighted by molar-refractivity contribution is 8.93. The molecule has 1 aromatic heterocycles. The SMILES string of the molecule is Br.CCn1nnnc1NCCc1ccccc1. The van der Waals surface area contributed by atoms with Gasteiger partial charge in [-0.2, -0.15) is 0 Å². The van der Waals surface area contributed by atoms with Crippen molar-refractivity contribution in [2.24, 2.45) is 0 Å². The van der Waals surface area contributed by atoms with Crippen LogP contribution in [0.4, 0.5) is 5.95 Å². The number of halogens is 1. The summed E-state index contributed by atoms with van der Waals surface area (Å²) >= 11 is 0. The van der Waals surface area contributed by atoms with Crippen LogP contribution in [0.15, 0.2) is 30.3 Å². The van der Waals surface area contributed by atoms with Gasteiger partial charge in [0.05, 0.1) is 0 Å². The van der Waals surface area contributed by atoms with Crippen LogP contribution in [0.2, 0.25) is 0 Å². The quantitative estimate of drug-likeness (QED) is 0.916. The number of anilines is 1. The molecule has 0 saturated heterocycles. The van der Waals surface area contributed by atoms with E-state index in [0.717, 1.165) is 25.5 Å². The molecule has 1 aromatic carbocycles. The average molecular weight is 298 g/mol. The minimum Gasteiger partial charge on any atom is -0.353 e. The average Bonchev–Trinajstić information content (AvgIpc) is 2.78. The summed E-state index contributed by atoms with van der Waals surface area (Å²) in [6, 6.07) is 10.3. The monoisotopic (exact) mass is 297 g/mol. The number of hydrogen-bond donors (Lipinski definition) is 1. The Bertz CT molecular complexity index is 428. The molecule has 5 nitrogen and oxygen atoms in total. The van der Waals surface area contributed by atoms with E-state index in [9.17, 15) is 0 Å². The third-order valence-electron chi connectivity index (χ3n) is 2.37. The third-order valence-corrected chi connectivity index (χ3v) is 2.37. The molecule has 1 heterocycles. The number of nitrogens with zero attached hydrogens (tertiary/aromatic N) is 4. The lowest BCUT2D eigenvalue weighted by atomic mass is 10.1. The number of hydrogen-bond acceptors (Lipinski definition) is 4. The zero-order valence-electron chi connectivity index (χ0n) is 9.71. The molecule has 2 aromatic rings. The molecule has 92 valence electrons. The first-order chi connectivity index (χ1) is 7.90. The number of benzene rings is 1. The number of aromatic nitrogens is 4. The molecule has 0 aliphatic carbocycles. The maximum atomic E-state index is 3.91. The van der Waals surface area contributed by atoms with E-state index < -0.39 is 0 Å². The van der Waals surface area contributed by atoms with Gasteiger partial charge in [-0.25, -0.2) is 4.68 Å². The topological polar surface area (TPSA) is 55.6 Å². The Balaban J connectivity index is 0.00000144. The fourth-order valence-electron chi connectivity index (χ4n) is 1.51. The number of rotatable bonds is 5. The maximum absolute atomic E-state index is 3.91. The summed E-state index contributed by atoms with van der Waals surface area (Å²) in [6.07, 6.45) is 0.970. The van der Waals surface area contributed by atoms with E-state index in [4.69, 9.17) is 0 Å². The maximum Gasteiger partial charge on any atom is 0.242 e. The second-order valence-corrected chi connectivity index (χ2v) is 3.48. The van der Waals surface area contributed by atoms with E-state index in [1.807, 2.05) is 25.1 Å². The first-order valence-corrected chi connectivity index (χ1v) is 5.44. The summed E-state index contributed by atoms with van der Waals surface area (Å²) in [4.78, 5) is 0. The lowest BCUT2D eigenvalue weighted by Crippen LogP contribution is -2.10. The fraction of sp³-hybridized carbons (Fsp3) is 0.364. The van der Waals surface area contributed by atoms with Crippen molar-refractivity contribution in [1.29, 1.82) is 0 Å². The Labute approximate surface area is 111 Å².